The Morgan fingerprint density at radius 2 is 1.81 bits per heavy atom. The lowest BCUT2D eigenvalue weighted by Gasteiger charge is -2.07. The van der Waals surface area contributed by atoms with Gasteiger partial charge in [0.15, 0.2) is 12.4 Å². The molecule has 9 nitrogen and oxygen atoms in total. The van der Waals surface area contributed by atoms with Crippen LogP contribution in [0.4, 0.5) is 0 Å². The molecule has 0 aliphatic rings. The Bertz CT molecular complexity index is 1170. The summed E-state index contributed by atoms with van der Waals surface area (Å²) in [6.45, 7) is 3.94. The average molecular weight is 456 g/mol. The summed E-state index contributed by atoms with van der Waals surface area (Å²) in [5.74, 6) is -0.779. The molecule has 0 spiro atoms. The fraction of sp³-hybridized carbons (Fsp3) is 0.182. The van der Waals surface area contributed by atoms with E-state index in [9.17, 15) is 9.59 Å². The molecule has 3 rings (SSSR count). The van der Waals surface area contributed by atoms with Crippen LogP contribution in [0, 0.1) is 13.8 Å². The monoisotopic (exact) mass is 455 g/mol. The molecule has 166 valence electrons. The lowest BCUT2D eigenvalue weighted by Crippen LogP contribution is -2.20. The smallest absolute Gasteiger partial charge is 0.365 e. The Morgan fingerprint density at radius 1 is 1.09 bits per heavy atom. The minimum Gasteiger partial charge on any atom is -0.484 e. The van der Waals surface area contributed by atoms with E-state index in [1.807, 2.05) is 19.9 Å². The number of oxime groups is 1. The second-order valence-electron chi connectivity index (χ2n) is 6.98. The predicted octanol–water partition coefficient (Wildman–Crippen LogP) is 2.54. The molecule has 0 saturated heterocycles. The van der Waals surface area contributed by atoms with Gasteiger partial charge in [0.1, 0.15) is 5.75 Å². The standard InChI is InChI=1S/C22H22ClN5O4/c1-13-20(23)14(2)28(26-13)11-15-4-3-5-17(10-15)22(30)32-27-21(25)16-6-8-18(9-7-16)31-12-19(24)29/h3-10H,11-12H2,1-2H3,(H2,24,29)(H2,25,27). The van der Waals surface area contributed by atoms with E-state index in [1.165, 1.54) is 0 Å². The molecule has 0 aliphatic heterocycles. The van der Waals surface area contributed by atoms with Crippen LogP contribution < -0.4 is 16.2 Å². The zero-order chi connectivity index (χ0) is 23.3. The molecule has 0 atom stereocenters. The first-order valence-electron chi connectivity index (χ1n) is 9.59. The van der Waals surface area contributed by atoms with Crippen molar-refractivity contribution in [1.82, 2.24) is 9.78 Å². The van der Waals surface area contributed by atoms with Gasteiger partial charge in [0.05, 0.1) is 28.5 Å². The maximum atomic E-state index is 12.4. The van der Waals surface area contributed by atoms with Crippen LogP contribution >= 0.6 is 11.6 Å². The Labute approximate surface area is 189 Å². The van der Waals surface area contributed by atoms with Crippen molar-refractivity contribution >= 4 is 29.3 Å². The molecule has 1 heterocycles. The largest absolute Gasteiger partial charge is 0.484 e. The number of nitrogens with zero attached hydrogens (tertiary/aromatic N) is 3. The number of carbonyl (C=O) groups excluding carboxylic acids is 2. The second kappa shape index (κ2) is 9.97. The molecule has 2 aromatic carbocycles. The highest BCUT2D eigenvalue weighted by atomic mass is 35.5. The Hall–Kier alpha value is -3.85. The van der Waals surface area contributed by atoms with Crippen molar-refractivity contribution in [3.63, 3.8) is 0 Å². The number of carbonyl (C=O) groups is 2. The molecule has 0 saturated carbocycles. The Balaban J connectivity index is 1.65. The van der Waals surface area contributed by atoms with Crippen LogP contribution in [0.3, 0.4) is 0 Å². The van der Waals surface area contributed by atoms with Gasteiger partial charge in [0, 0.05) is 5.56 Å². The molecule has 0 unspecified atom stereocenters. The highest BCUT2D eigenvalue weighted by Crippen LogP contribution is 2.20. The summed E-state index contributed by atoms with van der Waals surface area (Å²) in [7, 11) is 0. The van der Waals surface area contributed by atoms with Crippen LogP contribution in [-0.2, 0) is 16.2 Å². The molecular formula is C22H22ClN5O4. The number of nitrogens with two attached hydrogens (primary N) is 2. The Morgan fingerprint density at radius 3 is 2.44 bits per heavy atom. The summed E-state index contributed by atoms with van der Waals surface area (Å²) >= 11 is 6.20. The van der Waals surface area contributed by atoms with Crippen molar-refractivity contribution < 1.29 is 19.2 Å². The van der Waals surface area contributed by atoms with E-state index in [0.29, 0.717) is 28.4 Å². The number of amides is 1. The highest BCUT2D eigenvalue weighted by Gasteiger charge is 2.12. The van der Waals surface area contributed by atoms with Gasteiger partial charge in [-0.1, -0.05) is 28.9 Å². The van der Waals surface area contributed by atoms with E-state index >= 15 is 0 Å². The summed E-state index contributed by atoms with van der Waals surface area (Å²) < 4.78 is 6.95. The molecule has 1 amide bonds. The van der Waals surface area contributed by atoms with Crippen molar-refractivity contribution in [3.8, 4) is 5.75 Å². The van der Waals surface area contributed by atoms with Gasteiger partial charge in [-0.3, -0.25) is 9.48 Å². The van der Waals surface area contributed by atoms with Crippen molar-refractivity contribution in [2.24, 2.45) is 16.6 Å². The molecule has 3 aromatic rings. The number of hydrogen-bond acceptors (Lipinski definition) is 6. The molecule has 4 N–H and O–H groups in total. The third-order valence-electron chi connectivity index (χ3n) is 4.55. The molecule has 0 fully saturated rings. The van der Waals surface area contributed by atoms with Crippen molar-refractivity contribution in [2.75, 3.05) is 6.61 Å². The van der Waals surface area contributed by atoms with Gasteiger partial charge in [-0.25, -0.2) is 4.79 Å². The number of amidine groups is 1. The van der Waals surface area contributed by atoms with Crippen molar-refractivity contribution in [1.29, 1.82) is 0 Å². The number of halogens is 1. The maximum absolute atomic E-state index is 12.4. The highest BCUT2D eigenvalue weighted by molar-refractivity contribution is 6.31. The fourth-order valence-electron chi connectivity index (χ4n) is 2.87. The number of rotatable bonds is 8. The summed E-state index contributed by atoms with van der Waals surface area (Å²) in [6, 6.07) is 13.4. The number of aromatic nitrogens is 2. The fourth-order valence-corrected chi connectivity index (χ4v) is 3.01. The van der Waals surface area contributed by atoms with Gasteiger partial charge >= 0.3 is 5.97 Å². The van der Waals surface area contributed by atoms with Crippen LogP contribution in [0.25, 0.3) is 0 Å². The molecule has 10 heteroatoms. The van der Waals surface area contributed by atoms with E-state index in [1.54, 1.807) is 47.1 Å². The molecule has 0 aliphatic carbocycles. The molecule has 32 heavy (non-hydrogen) atoms. The number of benzene rings is 2. The number of ether oxygens (including phenoxy) is 1. The van der Waals surface area contributed by atoms with Crippen molar-refractivity contribution in [2.45, 2.75) is 20.4 Å². The first-order chi connectivity index (χ1) is 15.2. The van der Waals surface area contributed by atoms with Gasteiger partial charge in [-0.15, -0.1) is 0 Å². The van der Waals surface area contributed by atoms with Gasteiger partial charge < -0.3 is 21.0 Å². The van der Waals surface area contributed by atoms with Crippen LogP contribution in [0.15, 0.2) is 53.7 Å². The van der Waals surface area contributed by atoms with Gasteiger partial charge in [0.25, 0.3) is 5.91 Å². The number of hydrogen-bond donors (Lipinski definition) is 2. The van der Waals surface area contributed by atoms with Crippen LogP contribution in [0.2, 0.25) is 5.02 Å². The third-order valence-corrected chi connectivity index (χ3v) is 5.09. The number of aryl methyl sites for hydroxylation is 1. The quantitative estimate of drug-likeness (QED) is 0.232. The molecule has 1 aromatic heterocycles. The first kappa shape index (κ1) is 22.8. The summed E-state index contributed by atoms with van der Waals surface area (Å²) in [5, 5.41) is 8.73. The summed E-state index contributed by atoms with van der Waals surface area (Å²) in [6.07, 6.45) is 0. The van der Waals surface area contributed by atoms with Gasteiger partial charge in [-0.2, -0.15) is 5.10 Å². The SMILES string of the molecule is Cc1nn(Cc2cccc(C(=O)O/N=C(\N)c3ccc(OCC(N)=O)cc3)c2)c(C)c1Cl. The van der Waals surface area contributed by atoms with Gasteiger partial charge in [0.2, 0.25) is 0 Å². The maximum Gasteiger partial charge on any atom is 0.365 e. The van der Waals surface area contributed by atoms with E-state index in [0.717, 1.165) is 17.0 Å². The topological polar surface area (TPSA) is 135 Å². The molecular weight excluding hydrogens is 434 g/mol. The Kier molecular flexibility index (Phi) is 7.11. The zero-order valence-corrected chi connectivity index (χ0v) is 18.3. The second-order valence-corrected chi connectivity index (χ2v) is 7.36. The minimum absolute atomic E-state index is 0.00763. The first-order valence-corrected chi connectivity index (χ1v) is 9.97. The van der Waals surface area contributed by atoms with E-state index < -0.39 is 11.9 Å². The molecule has 0 radical (unpaired) electrons. The van der Waals surface area contributed by atoms with E-state index in [-0.39, 0.29) is 12.4 Å². The summed E-state index contributed by atoms with van der Waals surface area (Å²) in [4.78, 5) is 28.2. The third kappa shape index (κ3) is 5.64. The van der Waals surface area contributed by atoms with Crippen LogP contribution in [0.5, 0.6) is 5.75 Å². The van der Waals surface area contributed by atoms with Crippen LogP contribution in [-0.4, -0.2) is 34.1 Å². The lowest BCUT2D eigenvalue weighted by molar-refractivity contribution is -0.119. The van der Waals surface area contributed by atoms with Crippen LogP contribution in [0.1, 0.15) is 32.9 Å². The lowest BCUT2D eigenvalue weighted by atomic mass is 10.1. The summed E-state index contributed by atoms with van der Waals surface area (Å²) in [5.41, 5.74) is 14.2. The normalized spacial score (nSPS) is 11.3. The molecule has 0 bridgehead atoms. The number of primary amides is 1. The average Bonchev–Trinajstić information content (AvgIpc) is 3.02. The zero-order valence-electron chi connectivity index (χ0n) is 17.5. The van der Waals surface area contributed by atoms with Gasteiger partial charge in [-0.05, 0) is 55.8 Å². The van der Waals surface area contributed by atoms with Crippen molar-refractivity contribution in [3.05, 3.63) is 81.6 Å². The van der Waals surface area contributed by atoms with E-state index in [4.69, 9.17) is 32.6 Å². The predicted molar refractivity (Wildman–Crippen MR) is 120 cm³/mol. The van der Waals surface area contributed by atoms with E-state index in [2.05, 4.69) is 10.3 Å². The minimum atomic E-state index is -0.650.